The number of para-hydroxylation sites is 1. The summed E-state index contributed by atoms with van der Waals surface area (Å²) >= 11 is 0. The normalized spacial score (nSPS) is 25.8. The van der Waals surface area contributed by atoms with Crippen molar-refractivity contribution in [2.45, 2.75) is 44.4 Å². The van der Waals surface area contributed by atoms with Gasteiger partial charge in [-0.15, -0.1) is 24.0 Å². The third kappa shape index (κ3) is 4.73. The largest absolute Gasteiger partial charge is 0.491 e. The summed E-state index contributed by atoms with van der Waals surface area (Å²) in [6, 6.07) is 8.45. The molecule has 23 heavy (non-hydrogen) atoms. The Labute approximate surface area is 155 Å². The molecule has 0 aliphatic carbocycles. The van der Waals surface area contributed by atoms with Crippen molar-refractivity contribution in [1.82, 2.24) is 10.6 Å². The number of ether oxygens (including phenoxy) is 2. The van der Waals surface area contributed by atoms with Crippen molar-refractivity contribution in [1.29, 1.82) is 0 Å². The molecule has 3 atom stereocenters. The van der Waals surface area contributed by atoms with Gasteiger partial charge in [-0.1, -0.05) is 18.2 Å². The van der Waals surface area contributed by atoms with Crippen LogP contribution in [0.5, 0.6) is 5.75 Å². The molecule has 1 aromatic rings. The first-order valence-electron chi connectivity index (χ1n) is 8.07. The molecule has 0 amide bonds. The Morgan fingerprint density at radius 2 is 2.17 bits per heavy atom. The quantitative estimate of drug-likeness (QED) is 0.326. The number of guanidine groups is 1. The maximum Gasteiger partial charge on any atom is 0.191 e. The molecule has 2 fully saturated rings. The van der Waals surface area contributed by atoms with Gasteiger partial charge in [0.25, 0.3) is 0 Å². The predicted octanol–water partition coefficient (Wildman–Crippen LogP) is 2.48. The average Bonchev–Trinajstić information content (AvgIpc) is 3.14. The third-order valence-corrected chi connectivity index (χ3v) is 4.40. The van der Waals surface area contributed by atoms with Crippen LogP contribution in [0.3, 0.4) is 0 Å². The van der Waals surface area contributed by atoms with Crippen LogP contribution in [0.1, 0.15) is 24.8 Å². The Kier molecular flexibility index (Phi) is 6.95. The van der Waals surface area contributed by atoms with E-state index in [1.165, 1.54) is 6.42 Å². The molecule has 2 bridgehead atoms. The number of nitrogens with one attached hydrogen (secondary N) is 2. The number of nitrogens with zero attached hydrogens (tertiary/aromatic N) is 1. The van der Waals surface area contributed by atoms with E-state index < -0.39 is 0 Å². The average molecular weight is 431 g/mol. The number of benzene rings is 1. The lowest BCUT2D eigenvalue weighted by Gasteiger charge is -2.22. The molecule has 0 aromatic heterocycles. The van der Waals surface area contributed by atoms with Gasteiger partial charge in [0.15, 0.2) is 5.96 Å². The van der Waals surface area contributed by atoms with E-state index in [0.29, 0.717) is 24.9 Å². The zero-order valence-electron chi connectivity index (χ0n) is 13.7. The smallest absolute Gasteiger partial charge is 0.191 e. The summed E-state index contributed by atoms with van der Waals surface area (Å²) in [6.45, 7) is 3.38. The molecule has 3 unspecified atom stereocenters. The van der Waals surface area contributed by atoms with Crippen LogP contribution in [0.15, 0.2) is 29.3 Å². The maximum atomic E-state index is 5.86. The Bertz CT molecular complexity index is 538. The summed E-state index contributed by atoms with van der Waals surface area (Å²) in [4.78, 5) is 4.28. The highest BCUT2D eigenvalue weighted by Crippen LogP contribution is 2.34. The van der Waals surface area contributed by atoms with Crippen molar-refractivity contribution in [2.24, 2.45) is 4.99 Å². The Morgan fingerprint density at radius 1 is 1.35 bits per heavy atom. The first kappa shape index (κ1) is 18.3. The van der Waals surface area contributed by atoms with E-state index in [-0.39, 0.29) is 24.0 Å². The minimum absolute atomic E-state index is 0. The van der Waals surface area contributed by atoms with Crippen molar-refractivity contribution >= 4 is 29.9 Å². The second-order valence-corrected chi connectivity index (χ2v) is 5.97. The SMILES string of the molecule is CN=C(NCCOc1ccccc1C)NC1CC2CCC1O2.I. The molecule has 2 saturated heterocycles. The second-order valence-electron chi connectivity index (χ2n) is 5.97. The van der Waals surface area contributed by atoms with Gasteiger partial charge in [0.1, 0.15) is 12.4 Å². The van der Waals surface area contributed by atoms with Crippen molar-refractivity contribution < 1.29 is 9.47 Å². The van der Waals surface area contributed by atoms with E-state index in [1.54, 1.807) is 7.05 Å². The monoisotopic (exact) mass is 431 g/mol. The van der Waals surface area contributed by atoms with Crippen LogP contribution >= 0.6 is 24.0 Å². The molecule has 2 N–H and O–H groups in total. The fourth-order valence-corrected chi connectivity index (χ4v) is 3.21. The minimum atomic E-state index is 0. The van der Waals surface area contributed by atoms with Gasteiger partial charge in [0.05, 0.1) is 24.8 Å². The van der Waals surface area contributed by atoms with Gasteiger partial charge in [-0.3, -0.25) is 4.99 Å². The second kappa shape index (κ2) is 8.73. The van der Waals surface area contributed by atoms with Crippen LogP contribution < -0.4 is 15.4 Å². The lowest BCUT2D eigenvalue weighted by molar-refractivity contribution is 0.0992. The molecule has 2 heterocycles. The molecular formula is C17H26IN3O2. The minimum Gasteiger partial charge on any atom is -0.491 e. The van der Waals surface area contributed by atoms with Crippen LogP contribution in [0.2, 0.25) is 0 Å². The van der Waals surface area contributed by atoms with E-state index in [0.717, 1.165) is 36.7 Å². The van der Waals surface area contributed by atoms with Crippen molar-refractivity contribution in [3.8, 4) is 5.75 Å². The van der Waals surface area contributed by atoms with Gasteiger partial charge in [0.2, 0.25) is 0 Å². The lowest BCUT2D eigenvalue weighted by atomic mass is 9.96. The molecule has 5 nitrogen and oxygen atoms in total. The summed E-state index contributed by atoms with van der Waals surface area (Å²) in [7, 11) is 1.80. The molecule has 0 spiro atoms. The van der Waals surface area contributed by atoms with Crippen LogP contribution in [-0.2, 0) is 4.74 Å². The van der Waals surface area contributed by atoms with E-state index in [2.05, 4.69) is 28.6 Å². The Hall–Kier alpha value is -1.02. The fourth-order valence-electron chi connectivity index (χ4n) is 3.21. The van der Waals surface area contributed by atoms with Gasteiger partial charge in [0, 0.05) is 7.05 Å². The number of aliphatic imine (C=N–C) groups is 1. The van der Waals surface area contributed by atoms with Crippen molar-refractivity contribution in [3.05, 3.63) is 29.8 Å². The van der Waals surface area contributed by atoms with Gasteiger partial charge in [-0.25, -0.2) is 0 Å². The van der Waals surface area contributed by atoms with Gasteiger partial charge in [-0.05, 0) is 37.8 Å². The molecule has 1 aromatic carbocycles. The summed E-state index contributed by atoms with van der Waals surface area (Å²) in [6.07, 6.45) is 4.26. The first-order chi connectivity index (χ1) is 10.8. The standard InChI is InChI=1S/C17H25N3O2.HI/c1-12-5-3-4-6-15(12)21-10-9-19-17(18-2)20-14-11-13-7-8-16(14)22-13;/h3-6,13-14,16H,7-11H2,1-2H3,(H2,18,19,20);1H. The first-order valence-corrected chi connectivity index (χ1v) is 8.07. The summed E-state index contributed by atoms with van der Waals surface area (Å²) in [5.74, 6) is 1.77. The molecule has 0 radical (unpaired) electrons. The molecule has 2 aliphatic heterocycles. The van der Waals surface area contributed by atoms with Crippen LogP contribution in [0, 0.1) is 6.92 Å². The van der Waals surface area contributed by atoms with Gasteiger partial charge in [-0.2, -0.15) is 0 Å². The topological polar surface area (TPSA) is 54.9 Å². The highest BCUT2D eigenvalue weighted by molar-refractivity contribution is 14.0. The molecule has 0 saturated carbocycles. The van der Waals surface area contributed by atoms with E-state index in [1.807, 2.05) is 18.2 Å². The molecular weight excluding hydrogens is 405 g/mol. The van der Waals surface area contributed by atoms with E-state index >= 15 is 0 Å². The molecule has 6 heteroatoms. The maximum absolute atomic E-state index is 5.86. The number of rotatable bonds is 5. The summed E-state index contributed by atoms with van der Waals surface area (Å²) in [5, 5.41) is 6.77. The number of aryl methyl sites for hydroxylation is 1. The molecule has 128 valence electrons. The summed E-state index contributed by atoms with van der Waals surface area (Å²) in [5.41, 5.74) is 1.16. The molecule has 2 aliphatic rings. The highest BCUT2D eigenvalue weighted by Gasteiger charge is 2.41. The van der Waals surface area contributed by atoms with Crippen molar-refractivity contribution in [2.75, 3.05) is 20.2 Å². The Balaban J connectivity index is 0.00000192. The van der Waals surface area contributed by atoms with Crippen LogP contribution in [-0.4, -0.2) is 44.4 Å². The lowest BCUT2D eigenvalue weighted by Crippen LogP contribution is -2.48. The fraction of sp³-hybridized carbons (Fsp3) is 0.588. The number of fused-ring (bicyclic) bond motifs is 2. The number of hydrogen-bond donors (Lipinski definition) is 2. The third-order valence-electron chi connectivity index (χ3n) is 4.40. The van der Waals surface area contributed by atoms with E-state index in [4.69, 9.17) is 9.47 Å². The molecule has 3 rings (SSSR count). The number of hydrogen-bond acceptors (Lipinski definition) is 3. The Morgan fingerprint density at radius 3 is 2.83 bits per heavy atom. The zero-order chi connectivity index (χ0) is 15.4. The van der Waals surface area contributed by atoms with Crippen molar-refractivity contribution in [3.63, 3.8) is 0 Å². The zero-order valence-corrected chi connectivity index (χ0v) is 16.1. The number of halogens is 1. The highest BCUT2D eigenvalue weighted by atomic mass is 127. The van der Waals surface area contributed by atoms with Crippen LogP contribution in [0.25, 0.3) is 0 Å². The van der Waals surface area contributed by atoms with Gasteiger partial charge >= 0.3 is 0 Å². The van der Waals surface area contributed by atoms with E-state index in [9.17, 15) is 0 Å². The predicted molar refractivity (Wildman–Crippen MR) is 103 cm³/mol. The van der Waals surface area contributed by atoms with Gasteiger partial charge < -0.3 is 20.1 Å². The summed E-state index contributed by atoms with van der Waals surface area (Å²) < 4.78 is 11.6. The van der Waals surface area contributed by atoms with Crippen LogP contribution in [0.4, 0.5) is 0 Å².